The Morgan fingerprint density at radius 2 is 1.67 bits per heavy atom. The van der Waals surface area contributed by atoms with E-state index in [1.807, 2.05) is 0 Å². The van der Waals surface area contributed by atoms with Gasteiger partial charge in [0.15, 0.2) is 10.8 Å². The fourth-order valence-corrected chi connectivity index (χ4v) is 3.44. The Kier molecular flexibility index (Phi) is 5.92. The van der Waals surface area contributed by atoms with Crippen LogP contribution < -0.4 is 5.32 Å². The summed E-state index contributed by atoms with van der Waals surface area (Å²) in [7, 11) is 0. The van der Waals surface area contributed by atoms with Gasteiger partial charge in [-0.25, -0.2) is 0 Å². The van der Waals surface area contributed by atoms with Crippen LogP contribution in [0.5, 0.6) is 0 Å². The third-order valence-corrected chi connectivity index (χ3v) is 5.22. The molecule has 0 bridgehead atoms. The minimum Gasteiger partial charge on any atom is -0.325 e. The number of nitrogens with one attached hydrogen (secondary N) is 1. The summed E-state index contributed by atoms with van der Waals surface area (Å²) in [5, 5.41) is 8.81. The zero-order chi connectivity index (χ0) is 22.3. The van der Waals surface area contributed by atoms with E-state index >= 15 is 0 Å². The van der Waals surface area contributed by atoms with Crippen molar-refractivity contribution in [2.45, 2.75) is 29.7 Å². The van der Waals surface area contributed by atoms with Crippen LogP contribution in [0.15, 0.2) is 41.7 Å². The lowest BCUT2D eigenvalue weighted by Crippen LogP contribution is -2.22. The molecule has 30 heavy (non-hydrogen) atoms. The normalized spacial score (nSPS) is 13.5. The van der Waals surface area contributed by atoms with Gasteiger partial charge in [0.25, 0.3) is 0 Å². The van der Waals surface area contributed by atoms with Gasteiger partial charge in [-0.15, -0.1) is 10.2 Å². The molecule has 0 fully saturated rings. The Morgan fingerprint density at radius 3 is 2.23 bits per heavy atom. The van der Waals surface area contributed by atoms with E-state index in [4.69, 9.17) is 11.6 Å². The van der Waals surface area contributed by atoms with Crippen LogP contribution in [-0.4, -0.2) is 25.8 Å². The van der Waals surface area contributed by atoms with Gasteiger partial charge < -0.3 is 5.32 Å². The lowest BCUT2D eigenvalue weighted by atomic mass is 10.2. The molecule has 0 aliphatic carbocycles. The number of hydrogen-bond donors (Lipinski definition) is 1. The van der Waals surface area contributed by atoms with Crippen molar-refractivity contribution in [2.75, 3.05) is 5.32 Å². The van der Waals surface area contributed by atoms with Gasteiger partial charge >= 0.3 is 12.4 Å². The molecule has 5 nitrogen and oxygen atoms in total. The maximum absolute atomic E-state index is 13.0. The Balaban J connectivity index is 1.77. The monoisotopic (exact) mass is 468 g/mol. The number of halogens is 7. The maximum atomic E-state index is 13.0. The fourth-order valence-electron chi connectivity index (χ4n) is 2.37. The molecule has 3 aromatic rings. The summed E-state index contributed by atoms with van der Waals surface area (Å²) in [6.45, 7) is 1.46. The number of thioether (sulfide) groups is 1. The first kappa shape index (κ1) is 22.2. The summed E-state index contributed by atoms with van der Waals surface area (Å²) in [6, 6.07) is 4.56. The van der Waals surface area contributed by atoms with Gasteiger partial charge in [-0.05, 0) is 37.3 Å². The molecule has 0 spiro atoms. The quantitative estimate of drug-likeness (QED) is 0.403. The minimum absolute atomic E-state index is 0.00642. The second kappa shape index (κ2) is 7.99. The third-order valence-electron chi connectivity index (χ3n) is 3.89. The van der Waals surface area contributed by atoms with E-state index in [2.05, 4.69) is 15.5 Å². The summed E-state index contributed by atoms with van der Waals surface area (Å²) in [5.41, 5.74) is -1.75. The number of pyridine rings is 1. The van der Waals surface area contributed by atoms with Crippen molar-refractivity contribution in [1.82, 2.24) is 14.6 Å². The lowest BCUT2D eigenvalue weighted by Gasteiger charge is -2.13. The van der Waals surface area contributed by atoms with Crippen LogP contribution in [0.2, 0.25) is 5.02 Å². The first-order valence-electron chi connectivity index (χ1n) is 8.12. The SMILES string of the molecule is CC(Sc1nnc2c(Cl)cc(C(F)(F)F)cn12)C(=O)Nc1ccc(C(F)(F)F)cc1. The van der Waals surface area contributed by atoms with Crippen LogP contribution in [-0.2, 0) is 17.1 Å². The predicted molar refractivity (Wildman–Crippen MR) is 98.4 cm³/mol. The molecule has 1 atom stereocenters. The largest absolute Gasteiger partial charge is 0.417 e. The summed E-state index contributed by atoms with van der Waals surface area (Å²) in [6.07, 6.45) is -8.38. The van der Waals surface area contributed by atoms with Crippen molar-refractivity contribution in [3.05, 3.63) is 52.7 Å². The highest BCUT2D eigenvalue weighted by Gasteiger charge is 2.33. The van der Waals surface area contributed by atoms with Gasteiger partial charge in [0.05, 0.1) is 21.4 Å². The van der Waals surface area contributed by atoms with Gasteiger partial charge in [0.2, 0.25) is 5.91 Å². The van der Waals surface area contributed by atoms with Crippen molar-refractivity contribution < 1.29 is 31.1 Å². The number of carbonyl (C=O) groups excluding carboxylic acids is 1. The first-order valence-corrected chi connectivity index (χ1v) is 9.38. The number of rotatable bonds is 4. The number of anilines is 1. The van der Waals surface area contributed by atoms with Gasteiger partial charge in [0.1, 0.15) is 0 Å². The topological polar surface area (TPSA) is 59.3 Å². The number of alkyl halides is 6. The number of fused-ring (bicyclic) bond motifs is 1. The van der Waals surface area contributed by atoms with E-state index in [1.165, 1.54) is 6.92 Å². The molecule has 2 heterocycles. The molecular formula is C17H11ClF6N4OS. The van der Waals surface area contributed by atoms with E-state index < -0.39 is 34.6 Å². The molecule has 1 N–H and O–H groups in total. The van der Waals surface area contributed by atoms with E-state index in [9.17, 15) is 31.1 Å². The molecule has 13 heteroatoms. The zero-order valence-corrected chi connectivity index (χ0v) is 16.4. The number of aromatic nitrogens is 3. The molecule has 0 radical (unpaired) electrons. The predicted octanol–water partition coefficient (Wildman–Crippen LogP) is 5.54. The Hall–Kier alpha value is -2.47. The Bertz CT molecular complexity index is 1080. The standard InChI is InChI=1S/C17H11ClF6N4OS/c1-8(14(29)25-11-4-2-9(3-5-11)16(19,20)21)30-15-27-26-13-12(18)6-10(7-28(13)15)17(22,23)24/h2-8H,1H3,(H,25,29). The molecule has 0 saturated carbocycles. The highest BCUT2D eigenvalue weighted by Crippen LogP contribution is 2.34. The average molecular weight is 469 g/mol. The number of carbonyl (C=O) groups is 1. The van der Waals surface area contributed by atoms with Crippen LogP contribution in [0, 0.1) is 0 Å². The molecule has 1 amide bonds. The summed E-state index contributed by atoms with van der Waals surface area (Å²) >= 11 is 6.65. The maximum Gasteiger partial charge on any atom is 0.417 e. The lowest BCUT2D eigenvalue weighted by molar-refractivity contribution is -0.138. The Labute approximate surface area is 174 Å². The fraction of sp³-hybridized carbons (Fsp3) is 0.235. The number of amides is 1. The van der Waals surface area contributed by atoms with E-state index in [1.54, 1.807) is 0 Å². The van der Waals surface area contributed by atoms with Crippen molar-refractivity contribution in [3.8, 4) is 0 Å². The van der Waals surface area contributed by atoms with E-state index in [-0.39, 0.29) is 21.5 Å². The van der Waals surface area contributed by atoms with Crippen molar-refractivity contribution in [2.24, 2.45) is 0 Å². The summed E-state index contributed by atoms with van der Waals surface area (Å²) < 4.78 is 77.9. The molecule has 1 unspecified atom stereocenters. The highest BCUT2D eigenvalue weighted by atomic mass is 35.5. The van der Waals surface area contributed by atoms with Crippen LogP contribution in [0.3, 0.4) is 0 Å². The summed E-state index contributed by atoms with van der Waals surface area (Å²) in [4.78, 5) is 12.3. The Morgan fingerprint density at radius 1 is 1.07 bits per heavy atom. The van der Waals surface area contributed by atoms with Gasteiger partial charge in [-0.1, -0.05) is 23.4 Å². The van der Waals surface area contributed by atoms with Crippen molar-refractivity contribution in [1.29, 1.82) is 0 Å². The molecule has 160 valence electrons. The van der Waals surface area contributed by atoms with E-state index in [0.717, 1.165) is 52.7 Å². The highest BCUT2D eigenvalue weighted by molar-refractivity contribution is 8.00. The molecule has 2 aromatic heterocycles. The molecule has 0 aliphatic rings. The first-order chi connectivity index (χ1) is 13.9. The molecular weight excluding hydrogens is 458 g/mol. The summed E-state index contributed by atoms with van der Waals surface area (Å²) in [5.74, 6) is -0.588. The average Bonchev–Trinajstić information content (AvgIpc) is 3.04. The van der Waals surface area contributed by atoms with Gasteiger partial charge in [-0.2, -0.15) is 26.3 Å². The third kappa shape index (κ3) is 4.81. The molecule has 3 rings (SSSR count). The molecule has 0 saturated heterocycles. The molecule has 1 aromatic carbocycles. The van der Waals surface area contributed by atoms with Crippen LogP contribution in [0.25, 0.3) is 5.65 Å². The second-order valence-corrected chi connectivity index (χ2v) is 7.79. The van der Waals surface area contributed by atoms with Crippen LogP contribution >= 0.6 is 23.4 Å². The molecule has 0 aliphatic heterocycles. The van der Waals surface area contributed by atoms with Crippen LogP contribution in [0.4, 0.5) is 32.0 Å². The van der Waals surface area contributed by atoms with E-state index in [0.29, 0.717) is 0 Å². The zero-order valence-electron chi connectivity index (χ0n) is 14.8. The minimum atomic E-state index is -4.64. The number of benzene rings is 1. The second-order valence-electron chi connectivity index (χ2n) is 6.08. The number of nitrogens with zero attached hydrogens (tertiary/aromatic N) is 3. The smallest absolute Gasteiger partial charge is 0.325 e. The van der Waals surface area contributed by atoms with Crippen molar-refractivity contribution >= 4 is 40.6 Å². The number of hydrogen-bond acceptors (Lipinski definition) is 4. The van der Waals surface area contributed by atoms with Gasteiger partial charge in [-0.3, -0.25) is 9.20 Å². The van der Waals surface area contributed by atoms with Crippen molar-refractivity contribution in [3.63, 3.8) is 0 Å². The van der Waals surface area contributed by atoms with Crippen LogP contribution in [0.1, 0.15) is 18.1 Å². The van der Waals surface area contributed by atoms with Gasteiger partial charge in [0, 0.05) is 11.9 Å².